The molecular formula is C14H17N3O. The summed E-state index contributed by atoms with van der Waals surface area (Å²) in [5, 5.41) is 10.5. The summed E-state index contributed by atoms with van der Waals surface area (Å²) < 4.78 is 0. The van der Waals surface area contributed by atoms with E-state index in [9.17, 15) is 4.79 Å². The average Bonchev–Trinajstić information content (AvgIpc) is 2.59. The molecule has 2 N–H and O–H groups in total. The van der Waals surface area contributed by atoms with E-state index < -0.39 is 0 Å². The van der Waals surface area contributed by atoms with E-state index in [1.54, 1.807) is 11.0 Å². The van der Waals surface area contributed by atoms with Gasteiger partial charge in [-0.2, -0.15) is 0 Å². The number of hydrogen-bond acceptors (Lipinski definition) is 2. The number of amides is 2. The quantitative estimate of drug-likeness (QED) is 0.787. The van der Waals surface area contributed by atoms with Crippen LogP contribution in [0.2, 0.25) is 0 Å². The van der Waals surface area contributed by atoms with Crippen molar-refractivity contribution in [3.8, 4) is 0 Å². The summed E-state index contributed by atoms with van der Waals surface area (Å²) in [7, 11) is 0. The number of carbonyl (C=O) groups is 1. The second-order valence-electron chi connectivity index (χ2n) is 4.53. The van der Waals surface area contributed by atoms with Crippen molar-refractivity contribution >= 4 is 11.9 Å². The summed E-state index contributed by atoms with van der Waals surface area (Å²) in [5.41, 5.74) is 3.33. The molecule has 1 unspecified atom stereocenters. The predicted molar refractivity (Wildman–Crippen MR) is 71.8 cm³/mol. The van der Waals surface area contributed by atoms with Gasteiger partial charge in [0.15, 0.2) is 0 Å². The van der Waals surface area contributed by atoms with Gasteiger partial charge in [0, 0.05) is 6.54 Å². The number of urea groups is 1. The van der Waals surface area contributed by atoms with Gasteiger partial charge in [-0.25, -0.2) is 4.79 Å². The van der Waals surface area contributed by atoms with Gasteiger partial charge in [-0.15, -0.1) is 6.58 Å². The van der Waals surface area contributed by atoms with E-state index in [0.29, 0.717) is 6.54 Å². The molecule has 0 aromatic heterocycles. The Morgan fingerprint density at radius 1 is 1.44 bits per heavy atom. The van der Waals surface area contributed by atoms with Gasteiger partial charge in [-0.05, 0) is 30.5 Å². The van der Waals surface area contributed by atoms with Crippen LogP contribution in [0, 0.1) is 19.3 Å². The molecule has 1 atom stereocenters. The molecule has 1 aromatic carbocycles. The van der Waals surface area contributed by atoms with Crippen LogP contribution in [0.4, 0.5) is 4.79 Å². The van der Waals surface area contributed by atoms with Gasteiger partial charge in [-0.3, -0.25) is 10.7 Å². The van der Waals surface area contributed by atoms with Crippen LogP contribution in [0.15, 0.2) is 30.9 Å². The maximum atomic E-state index is 11.7. The normalized spacial score (nSPS) is 19.0. The van der Waals surface area contributed by atoms with E-state index in [2.05, 4.69) is 11.9 Å². The molecule has 0 saturated carbocycles. The zero-order valence-corrected chi connectivity index (χ0v) is 10.7. The molecule has 0 bridgehead atoms. The van der Waals surface area contributed by atoms with Crippen LogP contribution < -0.4 is 5.32 Å². The summed E-state index contributed by atoms with van der Waals surface area (Å²) in [6.07, 6.45) is 1.67. The monoisotopic (exact) mass is 243 g/mol. The molecule has 1 aromatic rings. The van der Waals surface area contributed by atoms with Gasteiger partial charge >= 0.3 is 6.03 Å². The van der Waals surface area contributed by atoms with E-state index in [1.165, 1.54) is 11.1 Å². The Balaban J connectivity index is 2.40. The number of nitrogens with zero attached hydrogens (tertiary/aromatic N) is 1. The second kappa shape index (κ2) is 4.64. The summed E-state index contributed by atoms with van der Waals surface area (Å²) in [4.78, 5) is 13.3. The zero-order chi connectivity index (χ0) is 13.3. The molecule has 0 radical (unpaired) electrons. The molecular weight excluding hydrogens is 226 g/mol. The number of amidine groups is 1. The molecule has 1 fully saturated rings. The van der Waals surface area contributed by atoms with Crippen molar-refractivity contribution in [1.82, 2.24) is 10.2 Å². The Kier molecular flexibility index (Phi) is 3.19. The first-order valence-corrected chi connectivity index (χ1v) is 5.88. The number of nitrogens with one attached hydrogen (secondary N) is 2. The highest BCUT2D eigenvalue weighted by atomic mass is 16.2. The topological polar surface area (TPSA) is 56.2 Å². The van der Waals surface area contributed by atoms with E-state index in [-0.39, 0.29) is 17.9 Å². The fourth-order valence-corrected chi connectivity index (χ4v) is 2.14. The molecule has 1 aliphatic rings. The van der Waals surface area contributed by atoms with Crippen molar-refractivity contribution < 1.29 is 4.79 Å². The van der Waals surface area contributed by atoms with Crippen LogP contribution in [-0.2, 0) is 0 Å². The lowest BCUT2D eigenvalue weighted by atomic mass is 10.00. The molecule has 1 aliphatic heterocycles. The van der Waals surface area contributed by atoms with Crippen molar-refractivity contribution in [3.05, 3.63) is 47.5 Å². The van der Waals surface area contributed by atoms with Gasteiger partial charge in [0.25, 0.3) is 0 Å². The van der Waals surface area contributed by atoms with Crippen LogP contribution in [-0.4, -0.2) is 23.3 Å². The SMILES string of the molecule is C=CCN1C(=O)NC(=N)C1c1ccc(C)c(C)c1. The smallest absolute Gasteiger partial charge is 0.307 e. The summed E-state index contributed by atoms with van der Waals surface area (Å²) in [5.74, 6) is 0.227. The average molecular weight is 243 g/mol. The first-order chi connectivity index (χ1) is 8.54. The third kappa shape index (κ3) is 2.01. The molecule has 1 heterocycles. The molecule has 4 nitrogen and oxygen atoms in total. The van der Waals surface area contributed by atoms with Crippen LogP contribution in [0.1, 0.15) is 22.7 Å². The third-order valence-electron chi connectivity index (χ3n) is 3.26. The standard InChI is InChI=1S/C14H17N3O/c1-4-7-17-12(13(15)16-14(17)18)11-6-5-9(2)10(3)8-11/h4-6,8,12H,1,7H2,2-3H3,(H2,15,16,18). The lowest BCUT2D eigenvalue weighted by Gasteiger charge is -2.22. The second-order valence-corrected chi connectivity index (χ2v) is 4.53. The summed E-state index contributed by atoms with van der Waals surface area (Å²) in [6.45, 7) is 8.17. The van der Waals surface area contributed by atoms with Gasteiger partial charge in [0.2, 0.25) is 0 Å². The van der Waals surface area contributed by atoms with Crippen molar-refractivity contribution in [2.75, 3.05) is 6.54 Å². The molecule has 0 aliphatic carbocycles. The number of carbonyl (C=O) groups excluding carboxylic acids is 1. The Bertz CT molecular complexity index is 522. The number of rotatable bonds is 3. The van der Waals surface area contributed by atoms with Crippen LogP contribution >= 0.6 is 0 Å². The largest absolute Gasteiger partial charge is 0.323 e. The number of hydrogen-bond donors (Lipinski definition) is 2. The van der Waals surface area contributed by atoms with Gasteiger partial charge < -0.3 is 4.90 Å². The highest BCUT2D eigenvalue weighted by molar-refractivity contribution is 6.06. The summed E-state index contributed by atoms with van der Waals surface area (Å²) >= 11 is 0. The lowest BCUT2D eigenvalue weighted by Crippen LogP contribution is -2.29. The maximum Gasteiger partial charge on any atom is 0.323 e. The Morgan fingerprint density at radius 3 is 2.78 bits per heavy atom. The van der Waals surface area contributed by atoms with Gasteiger partial charge in [-0.1, -0.05) is 24.3 Å². The van der Waals surface area contributed by atoms with Gasteiger partial charge in [0.05, 0.1) is 0 Å². The van der Waals surface area contributed by atoms with Crippen molar-refractivity contribution in [2.45, 2.75) is 19.9 Å². The first kappa shape index (κ1) is 12.4. The minimum Gasteiger partial charge on any atom is -0.307 e. The van der Waals surface area contributed by atoms with Gasteiger partial charge in [0.1, 0.15) is 11.9 Å². The molecule has 18 heavy (non-hydrogen) atoms. The number of benzene rings is 1. The van der Waals surface area contributed by atoms with Crippen molar-refractivity contribution in [2.24, 2.45) is 0 Å². The van der Waals surface area contributed by atoms with E-state index in [4.69, 9.17) is 5.41 Å². The van der Waals surface area contributed by atoms with Crippen LogP contribution in [0.3, 0.4) is 0 Å². The van der Waals surface area contributed by atoms with Crippen molar-refractivity contribution in [3.63, 3.8) is 0 Å². The van der Waals surface area contributed by atoms with E-state index >= 15 is 0 Å². The molecule has 2 amide bonds. The number of aryl methyl sites for hydroxylation is 2. The minimum absolute atomic E-state index is 0.227. The molecule has 2 rings (SSSR count). The molecule has 1 saturated heterocycles. The van der Waals surface area contributed by atoms with Crippen LogP contribution in [0.5, 0.6) is 0 Å². The molecule has 0 spiro atoms. The zero-order valence-electron chi connectivity index (χ0n) is 10.7. The first-order valence-electron chi connectivity index (χ1n) is 5.88. The van der Waals surface area contributed by atoms with Crippen LogP contribution in [0.25, 0.3) is 0 Å². The minimum atomic E-state index is -0.324. The fraction of sp³-hybridized carbons (Fsp3) is 0.286. The Morgan fingerprint density at radius 2 is 2.17 bits per heavy atom. The Labute approximate surface area is 107 Å². The lowest BCUT2D eigenvalue weighted by molar-refractivity contribution is 0.211. The summed E-state index contributed by atoms with van der Waals surface area (Å²) in [6, 6.07) is 5.47. The molecule has 4 heteroatoms. The Hall–Kier alpha value is -2.10. The van der Waals surface area contributed by atoms with E-state index in [1.807, 2.05) is 32.0 Å². The highest BCUT2D eigenvalue weighted by Gasteiger charge is 2.35. The van der Waals surface area contributed by atoms with E-state index in [0.717, 1.165) is 5.56 Å². The van der Waals surface area contributed by atoms with Crippen molar-refractivity contribution in [1.29, 1.82) is 5.41 Å². The maximum absolute atomic E-state index is 11.7. The third-order valence-corrected chi connectivity index (χ3v) is 3.26. The fourth-order valence-electron chi connectivity index (χ4n) is 2.14. The molecule has 94 valence electrons. The highest BCUT2D eigenvalue weighted by Crippen LogP contribution is 2.27. The predicted octanol–water partition coefficient (Wildman–Crippen LogP) is 2.53.